The van der Waals surface area contributed by atoms with Crippen LogP contribution in [-0.4, -0.2) is 64.8 Å². The third-order valence-corrected chi connectivity index (χ3v) is 8.81. The molecule has 0 bridgehead atoms. The fourth-order valence-electron chi connectivity index (χ4n) is 5.78. The molecular formula is C42H44F3N5O7. The summed E-state index contributed by atoms with van der Waals surface area (Å²) in [4.78, 5) is 78.8. The molecule has 0 unspecified atom stereocenters. The fourth-order valence-corrected chi connectivity index (χ4v) is 5.78. The van der Waals surface area contributed by atoms with Gasteiger partial charge in [0.2, 0.25) is 29.5 Å². The number of carbonyl (C=O) groups is 6. The van der Waals surface area contributed by atoms with Gasteiger partial charge in [0.25, 0.3) is 0 Å². The predicted molar refractivity (Wildman–Crippen MR) is 206 cm³/mol. The van der Waals surface area contributed by atoms with E-state index < -0.39 is 71.4 Å². The molecule has 0 saturated carbocycles. The number of para-hydroxylation sites is 1. The zero-order chi connectivity index (χ0) is 41.5. The molecular weight excluding hydrogens is 743 g/mol. The summed E-state index contributed by atoms with van der Waals surface area (Å²) in [5.74, 6) is -4.95. The average Bonchev–Trinajstić information content (AvgIpc) is 3.17. The van der Waals surface area contributed by atoms with Gasteiger partial charge in [-0.25, -0.2) is 0 Å². The highest BCUT2D eigenvalue weighted by Gasteiger charge is 2.33. The van der Waals surface area contributed by atoms with Gasteiger partial charge in [-0.1, -0.05) is 90.5 Å². The van der Waals surface area contributed by atoms with Crippen molar-refractivity contribution in [3.8, 4) is 0 Å². The van der Waals surface area contributed by atoms with E-state index in [1.54, 1.807) is 78.9 Å². The van der Waals surface area contributed by atoms with Crippen molar-refractivity contribution in [3.05, 3.63) is 137 Å². The lowest BCUT2D eigenvalue weighted by Gasteiger charge is -2.26. The number of alkyl halides is 3. The van der Waals surface area contributed by atoms with E-state index in [1.807, 2.05) is 13.0 Å². The van der Waals surface area contributed by atoms with Crippen molar-refractivity contribution in [2.24, 2.45) is 0 Å². The first-order chi connectivity index (χ1) is 27.1. The second-order valence-corrected chi connectivity index (χ2v) is 13.5. The van der Waals surface area contributed by atoms with Gasteiger partial charge in [-0.05, 0) is 54.8 Å². The van der Waals surface area contributed by atoms with Gasteiger partial charge < -0.3 is 31.7 Å². The maximum Gasteiger partial charge on any atom is 0.416 e. The predicted octanol–water partition coefficient (Wildman–Crippen LogP) is 4.50. The van der Waals surface area contributed by atoms with E-state index in [9.17, 15) is 47.0 Å². The molecule has 4 aromatic rings. The number of anilines is 1. The van der Waals surface area contributed by atoms with Crippen LogP contribution < -0.4 is 26.6 Å². The number of carboxylic acid groups (broad SMARTS) is 1. The molecule has 6 N–H and O–H groups in total. The monoisotopic (exact) mass is 787 g/mol. The molecule has 12 nitrogen and oxygen atoms in total. The molecule has 5 amide bonds. The first kappa shape index (κ1) is 43.2. The van der Waals surface area contributed by atoms with Crippen molar-refractivity contribution in [3.63, 3.8) is 0 Å². The summed E-state index contributed by atoms with van der Waals surface area (Å²) in [5, 5.41) is 22.3. The highest BCUT2D eigenvalue weighted by Crippen LogP contribution is 2.29. The van der Waals surface area contributed by atoms with Gasteiger partial charge in [-0.15, -0.1) is 0 Å². The van der Waals surface area contributed by atoms with Crippen LogP contribution in [0.15, 0.2) is 109 Å². The van der Waals surface area contributed by atoms with E-state index in [0.29, 0.717) is 16.8 Å². The van der Waals surface area contributed by atoms with Crippen molar-refractivity contribution in [2.45, 2.75) is 76.3 Å². The Labute approximate surface area is 327 Å². The molecule has 4 atom stereocenters. The Balaban J connectivity index is 1.60. The molecule has 4 rings (SSSR count). The van der Waals surface area contributed by atoms with Gasteiger partial charge in [0.05, 0.1) is 5.56 Å². The van der Waals surface area contributed by atoms with Crippen LogP contribution in [-0.2, 0) is 54.2 Å². The summed E-state index contributed by atoms with van der Waals surface area (Å²) in [6.45, 7) is 3.08. The number of aliphatic carboxylic acids is 1. The summed E-state index contributed by atoms with van der Waals surface area (Å²) in [7, 11) is 0. The van der Waals surface area contributed by atoms with E-state index in [1.165, 1.54) is 6.92 Å². The Morgan fingerprint density at radius 3 is 1.60 bits per heavy atom. The van der Waals surface area contributed by atoms with Crippen molar-refractivity contribution >= 4 is 41.2 Å². The van der Waals surface area contributed by atoms with Crippen LogP contribution in [0, 0.1) is 6.92 Å². The molecule has 0 aliphatic rings. The molecule has 0 aromatic heterocycles. The molecule has 15 heteroatoms. The SMILES string of the molecule is Cc1cccc(C[C@@H](NC(=O)CCC(=O)Nc2ccccc2)C(=O)N[C@@H](Cc2ccc(C(F)(F)F)cc2)C(=O)N[C@H](Cc2ccccc2)C(=O)N[C@@H](C)C(=O)O)c1. The molecule has 4 aromatic carbocycles. The first-order valence-electron chi connectivity index (χ1n) is 18.1. The summed E-state index contributed by atoms with van der Waals surface area (Å²) >= 11 is 0. The molecule has 0 fully saturated rings. The summed E-state index contributed by atoms with van der Waals surface area (Å²) < 4.78 is 40.1. The zero-order valence-electron chi connectivity index (χ0n) is 31.3. The van der Waals surface area contributed by atoms with Gasteiger partial charge >= 0.3 is 12.1 Å². The van der Waals surface area contributed by atoms with Crippen LogP contribution in [0.5, 0.6) is 0 Å². The lowest BCUT2D eigenvalue weighted by molar-refractivity contribution is -0.141. The molecule has 300 valence electrons. The minimum atomic E-state index is -4.63. The third-order valence-electron chi connectivity index (χ3n) is 8.81. The van der Waals surface area contributed by atoms with Crippen molar-refractivity contribution in [1.82, 2.24) is 21.3 Å². The minimum Gasteiger partial charge on any atom is -0.480 e. The number of nitrogens with one attached hydrogen (secondary N) is 5. The number of aryl methyl sites for hydroxylation is 1. The summed E-state index contributed by atoms with van der Waals surface area (Å²) in [6, 6.07) is 22.9. The Kier molecular flexibility index (Phi) is 15.5. The normalized spacial score (nSPS) is 13.2. The lowest BCUT2D eigenvalue weighted by Crippen LogP contribution is -2.58. The Morgan fingerprint density at radius 1 is 0.579 bits per heavy atom. The zero-order valence-corrected chi connectivity index (χ0v) is 31.3. The van der Waals surface area contributed by atoms with E-state index in [0.717, 1.165) is 29.8 Å². The van der Waals surface area contributed by atoms with Crippen molar-refractivity contribution in [1.29, 1.82) is 0 Å². The van der Waals surface area contributed by atoms with Crippen LogP contribution in [0.4, 0.5) is 18.9 Å². The van der Waals surface area contributed by atoms with E-state index in [2.05, 4.69) is 26.6 Å². The molecule has 0 saturated heterocycles. The summed E-state index contributed by atoms with van der Waals surface area (Å²) in [6.07, 6.45) is -5.55. The lowest BCUT2D eigenvalue weighted by atomic mass is 9.99. The molecule has 0 aliphatic carbocycles. The Morgan fingerprint density at radius 2 is 1.05 bits per heavy atom. The number of amides is 5. The second kappa shape index (κ2) is 20.4. The average molecular weight is 788 g/mol. The Bertz CT molecular complexity index is 2010. The van der Waals surface area contributed by atoms with Crippen LogP contribution in [0.3, 0.4) is 0 Å². The highest BCUT2D eigenvalue weighted by atomic mass is 19.4. The number of halogens is 3. The number of carboxylic acids is 1. The van der Waals surface area contributed by atoms with Gasteiger partial charge in [0.15, 0.2) is 0 Å². The van der Waals surface area contributed by atoms with E-state index in [4.69, 9.17) is 0 Å². The van der Waals surface area contributed by atoms with Crippen LogP contribution in [0.2, 0.25) is 0 Å². The quantitative estimate of drug-likeness (QED) is 0.0858. The van der Waals surface area contributed by atoms with E-state index >= 15 is 0 Å². The number of hydrogen-bond donors (Lipinski definition) is 6. The van der Waals surface area contributed by atoms with Crippen LogP contribution in [0.1, 0.15) is 47.6 Å². The van der Waals surface area contributed by atoms with Gasteiger partial charge in [-0.2, -0.15) is 13.2 Å². The standard InChI is InChI=1S/C42H44F3N5O7/c1-26-10-9-13-30(22-26)25-33(48-37(52)21-20-36(51)47-32-14-7-4-8-15-32)39(54)50-35(24-29-16-18-31(19-17-29)42(43,44)45)40(55)49-34(23-28-11-5-3-6-12-28)38(53)46-27(2)41(56)57/h3-19,22,27,33-35H,20-21,23-25H2,1-2H3,(H,46,53)(H,47,51)(H,48,52)(H,49,55)(H,50,54)(H,56,57)/t27-,33+,34+,35-/m0/s1. The molecule has 0 radical (unpaired) electrons. The number of benzene rings is 4. The topological polar surface area (TPSA) is 183 Å². The Hall–Kier alpha value is -6.51. The fraction of sp³-hybridized carbons (Fsp3) is 0.286. The minimum absolute atomic E-state index is 0.0315. The summed E-state index contributed by atoms with van der Waals surface area (Å²) in [5.41, 5.74) is 1.99. The number of hydrogen-bond acceptors (Lipinski definition) is 6. The van der Waals surface area contributed by atoms with Crippen LogP contribution >= 0.6 is 0 Å². The van der Waals surface area contributed by atoms with Gasteiger partial charge in [0.1, 0.15) is 24.2 Å². The number of rotatable bonds is 18. The second-order valence-electron chi connectivity index (χ2n) is 13.5. The van der Waals surface area contributed by atoms with Crippen molar-refractivity contribution in [2.75, 3.05) is 5.32 Å². The largest absolute Gasteiger partial charge is 0.480 e. The third kappa shape index (κ3) is 14.3. The smallest absolute Gasteiger partial charge is 0.416 e. The van der Waals surface area contributed by atoms with Gasteiger partial charge in [0, 0.05) is 37.8 Å². The van der Waals surface area contributed by atoms with Crippen LogP contribution in [0.25, 0.3) is 0 Å². The van der Waals surface area contributed by atoms with E-state index in [-0.39, 0.29) is 37.7 Å². The molecule has 0 spiro atoms. The maximum atomic E-state index is 14.1. The molecule has 57 heavy (non-hydrogen) atoms. The highest BCUT2D eigenvalue weighted by molar-refractivity contribution is 5.96. The molecule has 0 aliphatic heterocycles. The molecule has 0 heterocycles. The first-order valence-corrected chi connectivity index (χ1v) is 18.1. The number of carbonyl (C=O) groups excluding carboxylic acids is 5. The van der Waals surface area contributed by atoms with Gasteiger partial charge in [-0.3, -0.25) is 28.8 Å². The maximum absolute atomic E-state index is 14.1. The van der Waals surface area contributed by atoms with Crippen molar-refractivity contribution < 1.29 is 47.0 Å².